The minimum Gasteiger partial charge on any atom is -0.497 e. The van der Waals surface area contributed by atoms with Crippen molar-refractivity contribution in [3.05, 3.63) is 48.2 Å². The fourth-order valence-electron chi connectivity index (χ4n) is 3.36. The number of piperazine rings is 1. The van der Waals surface area contributed by atoms with E-state index < -0.39 is 10.0 Å². The van der Waals surface area contributed by atoms with E-state index >= 15 is 0 Å². The Morgan fingerprint density at radius 1 is 1.06 bits per heavy atom. The first kappa shape index (κ1) is 22.8. The highest BCUT2D eigenvalue weighted by Crippen LogP contribution is 2.22. The lowest BCUT2D eigenvalue weighted by atomic mass is 10.2. The van der Waals surface area contributed by atoms with Gasteiger partial charge in [-0.25, -0.2) is 13.4 Å². The number of nitrogens with one attached hydrogen (secondary N) is 1. The number of hydrogen-bond acceptors (Lipinski definition) is 7. The van der Waals surface area contributed by atoms with Gasteiger partial charge < -0.3 is 19.7 Å². The van der Waals surface area contributed by atoms with Crippen molar-refractivity contribution >= 4 is 21.7 Å². The van der Waals surface area contributed by atoms with Crippen molar-refractivity contribution in [2.24, 2.45) is 0 Å². The van der Waals surface area contributed by atoms with Gasteiger partial charge in [0.25, 0.3) is 5.91 Å². The summed E-state index contributed by atoms with van der Waals surface area (Å²) in [4.78, 5) is 18.8. The van der Waals surface area contributed by atoms with Gasteiger partial charge in [-0.1, -0.05) is 6.07 Å². The average molecular weight is 449 g/mol. The molecule has 31 heavy (non-hydrogen) atoms. The molecule has 10 heteroatoms. The number of benzene rings is 1. The maximum absolute atomic E-state index is 12.7. The molecule has 1 aromatic carbocycles. The van der Waals surface area contributed by atoms with Gasteiger partial charge in [0, 0.05) is 50.6 Å². The van der Waals surface area contributed by atoms with Gasteiger partial charge in [-0.15, -0.1) is 0 Å². The van der Waals surface area contributed by atoms with Crippen LogP contribution in [0.4, 0.5) is 5.82 Å². The van der Waals surface area contributed by atoms with E-state index in [1.807, 2.05) is 18.2 Å². The summed E-state index contributed by atoms with van der Waals surface area (Å²) in [5.74, 6) is 1.56. The quantitative estimate of drug-likeness (QED) is 0.578. The number of carbonyl (C=O) groups excluding carboxylic acids is 1. The number of pyridine rings is 1. The van der Waals surface area contributed by atoms with Crippen LogP contribution in [0.3, 0.4) is 0 Å². The van der Waals surface area contributed by atoms with Crippen LogP contribution in [0, 0.1) is 0 Å². The molecule has 0 atom stereocenters. The minimum absolute atomic E-state index is 0.0156. The monoisotopic (exact) mass is 448 g/mol. The van der Waals surface area contributed by atoms with E-state index in [9.17, 15) is 13.2 Å². The first-order chi connectivity index (χ1) is 14.9. The average Bonchev–Trinajstić information content (AvgIpc) is 2.82. The molecule has 0 bridgehead atoms. The highest BCUT2D eigenvalue weighted by Gasteiger charge is 2.27. The zero-order chi connectivity index (χ0) is 22.3. The summed E-state index contributed by atoms with van der Waals surface area (Å²) in [6.45, 7) is 2.31. The fraction of sp³-hybridized carbons (Fsp3) is 0.429. The molecule has 1 N–H and O–H groups in total. The van der Waals surface area contributed by atoms with Gasteiger partial charge >= 0.3 is 0 Å². The predicted molar refractivity (Wildman–Crippen MR) is 118 cm³/mol. The number of hydrogen-bond donors (Lipinski definition) is 1. The Hall–Kier alpha value is -2.85. The predicted octanol–water partition coefficient (Wildman–Crippen LogP) is 1.37. The standard InChI is InChI=1S/C21H28N4O5S/c1-29-18-14-17(15-19(16-18)30-2)21(26)23-8-5-13-31(27,28)25-11-9-24(10-12-25)20-6-3-4-7-22-20/h3-4,6-7,14-16H,5,8-13H2,1-2H3,(H,23,26). The number of sulfonamides is 1. The zero-order valence-electron chi connectivity index (χ0n) is 17.8. The van der Waals surface area contributed by atoms with Crippen LogP contribution in [0.1, 0.15) is 16.8 Å². The van der Waals surface area contributed by atoms with Crippen molar-refractivity contribution in [2.45, 2.75) is 6.42 Å². The molecule has 1 saturated heterocycles. The molecule has 168 valence electrons. The number of methoxy groups -OCH3 is 2. The van der Waals surface area contributed by atoms with Crippen LogP contribution in [0.15, 0.2) is 42.6 Å². The SMILES string of the molecule is COc1cc(OC)cc(C(=O)NCCCS(=O)(=O)N2CCN(c3ccccn3)CC2)c1. The van der Waals surface area contributed by atoms with Crippen LogP contribution < -0.4 is 19.7 Å². The second-order valence-electron chi connectivity index (χ2n) is 7.10. The Morgan fingerprint density at radius 2 is 1.74 bits per heavy atom. The molecule has 2 heterocycles. The number of amides is 1. The first-order valence-corrected chi connectivity index (χ1v) is 11.7. The van der Waals surface area contributed by atoms with Gasteiger partial charge in [0.2, 0.25) is 10.0 Å². The zero-order valence-corrected chi connectivity index (χ0v) is 18.6. The number of nitrogens with zero attached hydrogens (tertiary/aromatic N) is 3. The summed E-state index contributed by atoms with van der Waals surface area (Å²) in [6, 6.07) is 10.6. The Morgan fingerprint density at radius 3 is 2.32 bits per heavy atom. The van der Waals surface area contributed by atoms with E-state index in [2.05, 4.69) is 15.2 Å². The summed E-state index contributed by atoms with van der Waals surface area (Å²) in [5, 5.41) is 2.76. The van der Waals surface area contributed by atoms with Gasteiger partial charge in [-0.3, -0.25) is 4.79 Å². The largest absolute Gasteiger partial charge is 0.497 e. The molecule has 0 unspecified atom stereocenters. The summed E-state index contributed by atoms with van der Waals surface area (Å²) in [5.41, 5.74) is 0.393. The van der Waals surface area contributed by atoms with E-state index in [0.29, 0.717) is 49.7 Å². The second-order valence-corrected chi connectivity index (χ2v) is 9.19. The number of rotatable bonds is 9. The third-order valence-electron chi connectivity index (χ3n) is 5.08. The first-order valence-electron chi connectivity index (χ1n) is 10.1. The molecule has 1 aromatic heterocycles. The maximum atomic E-state index is 12.7. The second kappa shape index (κ2) is 10.5. The molecular weight excluding hydrogens is 420 g/mol. The molecule has 9 nitrogen and oxygen atoms in total. The van der Waals surface area contributed by atoms with Crippen molar-refractivity contribution in [1.29, 1.82) is 0 Å². The van der Waals surface area contributed by atoms with E-state index in [0.717, 1.165) is 5.82 Å². The highest BCUT2D eigenvalue weighted by atomic mass is 32.2. The van der Waals surface area contributed by atoms with Gasteiger partial charge in [-0.2, -0.15) is 4.31 Å². The van der Waals surface area contributed by atoms with Crippen molar-refractivity contribution in [3.8, 4) is 11.5 Å². The summed E-state index contributed by atoms with van der Waals surface area (Å²) >= 11 is 0. The molecule has 3 rings (SSSR count). The fourth-order valence-corrected chi connectivity index (χ4v) is 4.85. The summed E-state index contributed by atoms with van der Waals surface area (Å²) in [7, 11) is -0.355. The van der Waals surface area contributed by atoms with Gasteiger partial charge in [0.05, 0.1) is 20.0 Å². The number of ether oxygens (including phenoxy) is 2. The van der Waals surface area contributed by atoms with Crippen molar-refractivity contribution in [2.75, 3.05) is 57.6 Å². The molecule has 0 saturated carbocycles. The van der Waals surface area contributed by atoms with Crippen molar-refractivity contribution in [3.63, 3.8) is 0 Å². The van der Waals surface area contributed by atoms with E-state index in [1.165, 1.54) is 18.5 Å². The molecule has 1 amide bonds. The third-order valence-corrected chi connectivity index (χ3v) is 7.04. The van der Waals surface area contributed by atoms with E-state index in [4.69, 9.17) is 9.47 Å². The molecule has 1 fully saturated rings. The van der Waals surface area contributed by atoms with Crippen LogP contribution in [0.2, 0.25) is 0 Å². The molecular formula is C21H28N4O5S. The molecule has 1 aliphatic heterocycles. The molecule has 2 aromatic rings. The summed E-state index contributed by atoms with van der Waals surface area (Å²) < 4.78 is 37.2. The molecule has 1 aliphatic rings. The Labute approximate surface area is 183 Å². The molecule has 0 spiro atoms. The Balaban J connectivity index is 1.45. The Bertz CT molecular complexity index is 954. The van der Waals surface area contributed by atoms with Gasteiger partial charge in [-0.05, 0) is 30.7 Å². The number of anilines is 1. The van der Waals surface area contributed by atoms with Crippen molar-refractivity contribution in [1.82, 2.24) is 14.6 Å². The Kier molecular flexibility index (Phi) is 7.69. The van der Waals surface area contributed by atoms with Crippen LogP contribution in [0.25, 0.3) is 0 Å². The smallest absolute Gasteiger partial charge is 0.251 e. The van der Waals surface area contributed by atoms with Gasteiger partial charge in [0.15, 0.2) is 0 Å². The van der Waals surface area contributed by atoms with Crippen LogP contribution in [-0.2, 0) is 10.0 Å². The van der Waals surface area contributed by atoms with Crippen LogP contribution in [-0.4, -0.2) is 76.3 Å². The van der Waals surface area contributed by atoms with Crippen LogP contribution in [0.5, 0.6) is 11.5 Å². The number of aromatic nitrogens is 1. The van der Waals surface area contributed by atoms with Crippen molar-refractivity contribution < 1.29 is 22.7 Å². The maximum Gasteiger partial charge on any atom is 0.251 e. The van der Waals surface area contributed by atoms with Crippen LogP contribution >= 0.6 is 0 Å². The minimum atomic E-state index is -3.38. The van der Waals surface area contributed by atoms with E-state index in [1.54, 1.807) is 24.4 Å². The molecule has 0 aliphatic carbocycles. The lowest BCUT2D eigenvalue weighted by Gasteiger charge is -2.34. The van der Waals surface area contributed by atoms with Gasteiger partial charge in [0.1, 0.15) is 17.3 Å². The number of carbonyl (C=O) groups is 1. The normalized spacial score (nSPS) is 14.8. The lowest BCUT2D eigenvalue weighted by molar-refractivity contribution is 0.0953. The highest BCUT2D eigenvalue weighted by molar-refractivity contribution is 7.89. The lowest BCUT2D eigenvalue weighted by Crippen LogP contribution is -2.49. The molecule has 0 radical (unpaired) electrons. The van der Waals surface area contributed by atoms with E-state index in [-0.39, 0.29) is 18.2 Å². The third kappa shape index (κ3) is 6.08. The summed E-state index contributed by atoms with van der Waals surface area (Å²) in [6.07, 6.45) is 2.06. The topological polar surface area (TPSA) is 101 Å².